The largest absolute Gasteiger partial charge is 0.456 e. The molecule has 362 valence electrons. The van der Waals surface area contributed by atoms with E-state index in [1.165, 1.54) is 89.0 Å². The van der Waals surface area contributed by atoms with Crippen molar-refractivity contribution in [2.75, 3.05) is 4.90 Å². The van der Waals surface area contributed by atoms with Gasteiger partial charge in [-0.1, -0.05) is 250 Å². The van der Waals surface area contributed by atoms with Gasteiger partial charge in [0.15, 0.2) is 0 Å². The van der Waals surface area contributed by atoms with Gasteiger partial charge in [0.25, 0.3) is 0 Å². The highest BCUT2D eigenvalue weighted by Gasteiger charge is 2.63. The predicted octanol–water partition coefficient (Wildman–Crippen LogP) is 18.9. The van der Waals surface area contributed by atoms with Crippen molar-refractivity contribution in [1.82, 2.24) is 0 Å². The van der Waals surface area contributed by atoms with Crippen LogP contribution >= 0.6 is 0 Å². The number of nitrogens with zero attached hydrogens (tertiary/aromatic N) is 1. The Morgan fingerprint density at radius 3 is 1.73 bits per heavy atom. The van der Waals surface area contributed by atoms with Gasteiger partial charge in [-0.05, 0) is 126 Å². The lowest BCUT2D eigenvalue weighted by Gasteiger charge is -2.44. The summed E-state index contributed by atoms with van der Waals surface area (Å²) in [5.74, 6) is 0.0321. The number of furan rings is 1. The molecule has 2 heteroatoms. The van der Waals surface area contributed by atoms with Crippen LogP contribution in [0.1, 0.15) is 57.0 Å². The van der Waals surface area contributed by atoms with Crippen molar-refractivity contribution in [1.29, 1.82) is 0 Å². The Balaban J connectivity index is 0.905. The maximum Gasteiger partial charge on any atom is 0.136 e. The second-order valence-electron chi connectivity index (χ2n) is 21.5. The van der Waals surface area contributed by atoms with E-state index in [1.807, 2.05) is 0 Å². The number of para-hydroxylation sites is 3. The summed E-state index contributed by atoms with van der Waals surface area (Å²) in [5.41, 5.74) is 24.3. The number of hydrogen-bond donors (Lipinski definition) is 0. The van der Waals surface area contributed by atoms with Gasteiger partial charge in [-0.2, -0.15) is 0 Å². The first-order valence-corrected chi connectivity index (χ1v) is 27.0. The van der Waals surface area contributed by atoms with E-state index in [9.17, 15) is 0 Å². The summed E-state index contributed by atoms with van der Waals surface area (Å²) >= 11 is 0. The molecule has 2 nitrogen and oxygen atoms in total. The van der Waals surface area contributed by atoms with Crippen LogP contribution in [0.5, 0.6) is 0 Å². The van der Waals surface area contributed by atoms with Crippen LogP contribution in [0.4, 0.5) is 17.1 Å². The normalized spacial score (nSPS) is 18.8. The molecule has 11 aromatic carbocycles. The highest BCUT2D eigenvalue weighted by Crippen LogP contribution is 2.71. The van der Waals surface area contributed by atoms with Gasteiger partial charge in [-0.3, -0.25) is 0 Å². The summed E-state index contributed by atoms with van der Waals surface area (Å²) in [5, 5.41) is 2.30. The minimum Gasteiger partial charge on any atom is -0.456 e. The van der Waals surface area contributed by atoms with E-state index in [0.717, 1.165) is 39.0 Å². The highest BCUT2D eigenvalue weighted by atomic mass is 16.3. The zero-order chi connectivity index (χ0) is 50.9. The number of rotatable bonds is 7. The standard InChI is InChI=1S/C75H51NO/c1-73-60(40-23-45-70(73)75(64-39-18-17-38-63(64)73)62-37-16-12-32-58(62)71-55(34-21-41-65(71)75)56-35-22-44-69-72(56)59-33-14-20-43-68(59)77-69)57-31-13-19-42-67(57)76(51-28-9-4-10-29-51)52-46-47-54-53-30-11-15-36-61(53)74(66(54)48-52,49-24-5-2-6-25-49)50-26-7-3-8-27-50/h2-48,70H,1H3. The molecule has 77 heavy (non-hydrogen) atoms. The Morgan fingerprint density at radius 2 is 0.948 bits per heavy atom. The van der Waals surface area contributed by atoms with Crippen LogP contribution in [-0.2, 0) is 16.2 Å². The molecule has 4 aliphatic rings. The lowest BCUT2D eigenvalue weighted by atomic mass is 9.58. The average Bonchev–Trinajstić information content (AvgIpc) is 3.36. The summed E-state index contributed by atoms with van der Waals surface area (Å²) in [4.78, 5) is 2.51. The molecular weight excluding hydrogens is 931 g/mol. The molecule has 0 N–H and O–H groups in total. The topological polar surface area (TPSA) is 16.4 Å². The SMILES string of the molecule is CC12C(c3ccccc3N(c3ccccc3)c3ccc4c(c3)C(c3ccccc3)(c3ccccc3)c3ccccc3-4)=CC=CC1C1(c3ccccc3-c3c(-c4cccc5oc6ccccc6c45)cccc31)c1ccccc12. The van der Waals surface area contributed by atoms with Crippen LogP contribution in [0.25, 0.3) is 60.9 Å². The van der Waals surface area contributed by atoms with Crippen LogP contribution in [0, 0.1) is 5.92 Å². The molecule has 1 heterocycles. The first kappa shape index (κ1) is 43.9. The van der Waals surface area contributed by atoms with E-state index in [2.05, 4.69) is 297 Å². The van der Waals surface area contributed by atoms with E-state index in [4.69, 9.17) is 4.42 Å². The number of allylic oxidation sites excluding steroid dienone is 4. The van der Waals surface area contributed by atoms with Gasteiger partial charge >= 0.3 is 0 Å². The molecule has 3 atom stereocenters. The quantitative estimate of drug-likeness (QED) is 0.158. The monoisotopic (exact) mass is 981 g/mol. The first-order valence-electron chi connectivity index (χ1n) is 27.0. The molecule has 0 amide bonds. The molecule has 3 unspecified atom stereocenters. The maximum atomic E-state index is 6.52. The zero-order valence-electron chi connectivity index (χ0n) is 42.6. The van der Waals surface area contributed by atoms with Crippen molar-refractivity contribution >= 4 is 44.6 Å². The van der Waals surface area contributed by atoms with Crippen LogP contribution < -0.4 is 4.90 Å². The van der Waals surface area contributed by atoms with E-state index in [1.54, 1.807) is 0 Å². The number of anilines is 3. The zero-order valence-corrected chi connectivity index (χ0v) is 42.6. The average molecular weight is 982 g/mol. The van der Waals surface area contributed by atoms with Gasteiger partial charge in [0.2, 0.25) is 0 Å². The first-order chi connectivity index (χ1) is 38.1. The minimum absolute atomic E-state index is 0.0321. The summed E-state index contributed by atoms with van der Waals surface area (Å²) < 4.78 is 6.52. The van der Waals surface area contributed by atoms with E-state index in [-0.39, 0.29) is 5.92 Å². The number of benzene rings is 11. The lowest BCUT2D eigenvalue weighted by molar-refractivity contribution is 0.382. The van der Waals surface area contributed by atoms with Gasteiger partial charge in [-0.25, -0.2) is 0 Å². The fourth-order valence-electron chi connectivity index (χ4n) is 15.2. The van der Waals surface area contributed by atoms with Crippen LogP contribution in [0.3, 0.4) is 0 Å². The van der Waals surface area contributed by atoms with Crippen molar-refractivity contribution in [3.63, 3.8) is 0 Å². The van der Waals surface area contributed by atoms with Gasteiger partial charge < -0.3 is 9.32 Å². The van der Waals surface area contributed by atoms with Crippen molar-refractivity contribution in [2.24, 2.45) is 5.92 Å². The Morgan fingerprint density at radius 1 is 0.390 bits per heavy atom. The van der Waals surface area contributed by atoms with E-state index >= 15 is 0 Å². The van der Waals surface area contributed by atoms with E-state index in [0.29, 0.717) is 0 Å². The Labute approximate surface area is 449 Å². The molecule has 4 aliphatic carbocycles. The van der Waals surface area contributed by atoms with Gasteiger partial charge in [0.1, 0.15) is 11.2 Å². The van der Waals surface area contributed by atoms with Gasteiger partial charge in [-0.15, -0.1) is 0 Å². The maximum absolute atomic E-state index is 6.52. The molecule has 0 radical (unpaired) electrons. The fraction of sp³-hybridized carbons (Fsp3) is 0.0667. The van der Waals surface area contributed by atoms with E-state index < -0.39 is 16.2 Å². The molecular formula is C75H51NO. The molecule has 0 fully saturated rings. The third kappa shape index (κ3) is 5.79. The van der Waals surface area contributed by atoms with Gasteiger partial charge in [0, 0.05) is 39.0 Å². The molecule has 0 saturated heterocycles. The second kappa shape index (κ2) is 16.5. The Bertz CT molecular complexity index is 4390. The molecule has 0 aliphatic heterocycles. The van der Waals surface area contributed by atoms with Crippen LogP contribution in [0.2, 0.25) is 0 Å². The second-order valence-corrected chi connectivity index (χ2v) is 21.5. The van der Waals surface area contributed by atoms with Crippen molar-refractivity contribution in [2.45, 2.75) is 23.2 Å². The molecule has 0 saturated carbocycles. The highest BCUT2D eigenvalue weighted by molar-refractivity contribution is 6.14. The van der Waals surface area contributed by atoms with Crippen molar-refractivity contribution < 1.29 is 4.42 Å². The van der Waals surface area contributed by atoms with Gasteiger partial charge in [0.05, 0.1) is 16.5 Å². The van der Waals surface area contributed by atoms with Crippen molar-refractivity contribution in [3.05, 3.63) is 335 Å². The summed E-state index contributed by atoms with van der Waals surface area (Å²) in [7, 11) is 0. The minimum atomic E-state index is -0.543. The Kier molecular flexibility index (Phi) is 9.40. The predicted molar refractivity (Wildman–Crippen MR) is 317 cm³/mol. The number of hydrogen-bond acceptors (Lipinski definition) is 2. The summed E-state index contributed by atoms with van der Waals surface area (Å²) in [6.07, 6.45) is 7.32. The van der Waals surface area contributed by atoms with Crippen LogP contribution in [-0.4, -0.2) is 0 Å². The third-order valence-corrected chi connectivity index (χ3v) is 18.1. The molecule has 12 aromatic rings. The molecule has 0 bridgehead atoms. The fourth-order valence-corrected chi connectivity index (χ4v) is 15.2. The third-order valence-electron chi connectivity index (χ3n) is 18.1. The molecule has 1 spiro atoms. The summed E-state index contributed by atoms with van der Waals surface area (Å²) in [6, 6.07) is 99.4. The van der Waals surface area contributed by atoms with Crippen LogP contribution in [0.15, 0.2) is 290 Å². The summed E-state index contributed by atoms with van der Waals surface area (Å²) in [6.45, 7) is 2.54. The van der Waals surface area contributed by atoms with Crippen molar-refractivity contribution in [3.8, 4) is 33.4 Å². The molecule has 1 aromatic heterocycles. The lowest BCUT2D eigenvalue weighted by Crippen LogP contribution is -2.40. The molecule has 16 rings (SSSR count). The Hall–Kier alpha value is -9.50. The number of fused-ring (bicyclic) bond motifs is 16. The smallest absolute Gasteiger partial charge is 0.136 e.